The van der Waals surface area contributed by atoms with Gasteiger partial charge in [-0.2, -0.15) is 0 Å². The Morgan fingerprint density at radius 3 is 2.71 bits per heavy atom. The molecule has 3 aromatic rings. The summed E-state index contributed by atoms with van der Waals surface area (Å²) in [5.74, 6) is -0.346. The first-order valence-electron chi connectivity index (χ1n) is 6.61. The predicted molar refractivity (Wildman–Crippen MR) is 86.5 cm³/mol. The number of aliphatic hydroxyl groups is 1. The highest BCUT2D eigenvalue weighted by atomic mass is 35.5. The van der Waals surface area contributed by atoms with Crippen LogP contribution in [0.4, 0.5) is 4.39 Å². The van der Waals surface area contributed by atoms with Crippen molar-refractivity contribution in [2.45, 2.75) is 18.9 Å². The van der Waals surface area contributed by atoms with E-state index in [1.54, 1.807) is 13.0 Å². The van der Waals surface area contributed by atoms with Crippen LogP contribution in [0.5, 0.6) is 0 Å². The summed E-state index contributed by atoms with van der Waals surface area (Å²) in [6.45, 7) is 1.71. The van der Waals surface area contributed by atoms with E-state index in [0.29, 0.717) is 10.6 Å². The second-order valence-electron chi connectivity index (χ2n) is 5.33. The third kappa shape index (κ3) is 2.95. The summed E-state index contributed by atoms with van der Waals surface area (Å²) in [6, 6.07) is 14.3. The molecule has 0 saturated heterocycles. The Hall–Kier alpha value is -1.42. The average Bonchev–Trinajstić information content (AvgIpc) is 2.87. The minimum atomic E-state index is -1.13. The summed E-state index contributed by atoms with van der Waals surface area (Å²) in [7, 11) is 0. The summed E-state index contributed by atoms with van der Waals surface area (Å²) in [5.41, 5.74) is -0.708. The maximum absolute atomic E-state index is 13.9. The molecule has 0 aliphatic heterocycles. The molecular formula is C17H14ClFOS. The molecule has 1 aromatic heterocycles. The minimum Gasteiger partial charge on any atom is -0.384 e. The molecule has 0 amide bonds. The lowest BCUT2D eigenvalue weighted by molar-refractivity contribution is 0.0606. The third-order valence-corrected chi connectivity index (χ3v) is 5.10. The van der Waals surface area contributed by atoms with Crippen LogP contribution in [0.15, 0.2) is 48.5 Å². The molecule has 3 rings (SSSR count). The van der Waals surface area contributed by atoms with Crippen molar-refractivity contribution >= 4 is 33.0 Å². The van der Waals surface area contributed by atoms with Gasteiger partial charge in [0.1, 0.15) is 11.4 Å². The molecule has 4 heteroatoms. The van der Waals surface area contributed by atoms with E-state index < -0.39 is 5.60 Å². The van der Waals surface area contributed by atoms with Crippen LogP contribution in [0.1, 0.15) is 17.4 Å². The third-order valence-electron chi connectivity index (χ3n) is 3.50. The number of hydrogen-bond acceptors (Lipinski definition) is 2. The molecule has 0 aliphatic rings. The Bertz CT molecular complexity index is 761. The fraction of sp³-hybridized carbons (Fsp3) is 0.176. The number of hydrogen-bond donors (Lipinski definition) is 1. The fourth-order valence-corrected chi connectivity index (χ4v) is 3.69. The molecule has 108 valence electrons. The molecule has 0 aliphatic carbocycles. The van der Waals surface area contributed by atoms with Crippen molar-refractivity contribution in [1.29, 1.82) is 0 Å². The maximum atomic E-state index is 13.9. The van der Waals surface area contributed by atoms with Gasteiger partial charge in [0, 0.05) is 21.0 Å². The van der Waals surface area contributed by atoms with Gasteiger partial charge in [-0.15, -0.1) is 11.3 Å². The lowest BCUT2D eigenvalue weighted by Crippen LogP contribution is -2.23. The molecule has 21 heavy (non-hydrogen) atoms. The Morgan fingerprint density at radius 2 is 1.95 bits per heavy atom. The van der Waals surface area contributed by atoms with Crippen LogP contribution in [0.3, 0.4) is 0 Å². The summed E-state index contributed by atoms with van der Waals surface area (Å²) in [6.07, 6.45) is 0.187. The lowest BCUT2D eigenvalue weighted by Gasteiger charge is -2.22. The SMILES string of the molecule is CC(O)(Cc1cc(Cl)ccc1F)c1cc2ccccc2s1. The van der Waals surface area contributed by atoms with E-state index in [0.717, 1.165) is 15.0 Å². The van der Waals surface area contributed by atoms with Gasteiger partial charge in [0.2, 0.25) is 0 Å². The molecule has 1 nitrogen and oxygen atoms in total. The molecule has 0 fully saturated rings. The van der Waals surface area contributed by atoms with Gasteiger partial charge < -0.3 is 5.11 Å². The van der Waals surface area contributed by atoms with Crippen molar-refractivity contribution in [2.24, 2.45) is 0 Å². The summed E-state index contributed by atoms with van der Waals surface area (Å²) in [4.78, 5) is 0.822. The van der Waals surface area contributed by atoms with E-state index in [-0.39, 0.29) is 12.2 Å². The Balaban J connectivity index is 1.97. The largest absolute Gasteiger partial charge is 0.384 e. The molecule has 2 aromatic carbocycles. The van der Waals surface area contributed by atoms with Gasteiger partial charge in [0.25, 0.3) is 0 Å². The van der Waals surface area contributed by atoms with Gasteiger partial charge in [-0.05, 0) is 48.2 Å². The molecule has 1 heterocycles. The summed E-state index contributed by atoms with van der Waals surface area (Å²) < 4.78 is 15.0. The van der Waals surface area contributed by atoms with Gasteiger partial charge >= 0.3 is 0 Å². The van der Waals surface area contributed by atoms with Crippen molar-refractivity contribution in [2.75, 3.05) is 0 Å². The first-order valence-corrected chi connectivity index (χ1v) is 7.80. The standard InChI is InChI=1S/C17H14ClFOS/c1-17(20,10-12-8-13(18)6-7-14(12)19)16-9-11-4-2-3-5-15(11)21-16/h2-9,20H,10H2,1H3. The Kier molecular flexibility index (Phi) is 3.74. The Labute approximate surface area is 131 Å². The van der Waals surface area contributed by atoms with Crippen LogP contribution >= 0.6 is 22.9 Å². The quantitative estimate of drug-likeness (QED) is 0.708. The van der Waals surface area contributed by atoms with E-state index in [4.69, 9.17) is 11.6 Å². The number of halogens is 2. The lowest BCUT2D eigenvalue weighted by atomic mass is 9.94. The molecule has 0 saturated carbocycles. The number of fused-ring (bicyclic) bond motifs is 1. The number of rotatable bonds is 3. The van der Waals surface area contributed by atoms with Crippen LogP contribution in [0.25, 0.3) is 10.1 Å². The van der Waals surface area contributed by atoms with Gasteiger partial charge in [-0.1, -0.05) is 29.8 Å². The second kappa shape index (κ2) is 5.41. The average molecular weight is 321 g/mol. The monoisotopic (exact) mass is 320 g/mol. The van der Waals surface area contributed by atoms with Gasteiger partial charge in [0.15, 0.2) is 0 Å². The second-order valence-corrected chi connectivity index (χ2v) is 6.86. The van der Waals surface area contributed by atoms with Crippen molar-refractivity contribution < 1.29 is 9.50 Å². The van der Waals surface area contributed by atoms with Crippen LogP contribution in [-0.2, 0) is 12.0 Å². The highest BCUT2D eigenvalue weighted by Gasteiger charge is 2.27. The van der Waals surface area contributed by atoms with Gasteiger partial charge in [-0.25, -0.2) is 4.39 Å². The molecule has 0 radical (unpaired) electrons. The number of thiophene rings is 1. The van der Waals surface area contributed by atoms with Gasteiger partial charge in [-0.3, -0.25) is 0 Å². The summed E-state index contributed by atoms with van der Waals surface area (Å²) >= 11 is 7.44. The van der Waals surface area contributed by atoms with E-state index in [1.165, 1.54) is 23.5 Å². The van der Waals surface area contributed by atoms with Crippen molar-refractivity contribution in [3.05, 3.63) is 69.8 Å². The smallest absolute Gasteiger partial charge is 0.126 e. The van der Waals surface area contributed by atoms with E-state index in [1.807, 2.05) is 30.3 Å². The molecular weight excluding hydrogens is 307 g/mol. The first kappa shape index (κ1) is 14.5. The topological polar surface area (TPSA) is 20.2 Å². The van der Waals surface area contributed by atoms with Crippen LogP contribution in [-0.4, -0.2) is 5.11 Å². The van der Waals surface area contributed by atoms with E-state index in [9.17, 15) is 9.50 Å². The molecule has 0 spiro atoms. The predicted octanol–water partition coefficient (Wildman–Crippen LogP) is 5.14. The minimum absolute atomic E-state index is 0.187. The number of benzene rings is 2. The zero-order valence-electron chi connectivity index (χ0n) is 11.4. The maximum Gasteiger partial charge on any atom is 0.126 e. The molecule has 0 bridgehead atoms. The van der Waals surface area contributed by atoms with E-state index in [2.05, 4.69) is 0 Å². The van der Waals surface area contributed by atoms with Crippen LogP contribution < -0.4 is 0 Å². The van der Waals surface area contributed by atoms with Crippen LogP contribution in [0.2, 0.25) is 5.02 Å². The highest BCUT2D eigenvalue weighted by molar-refractivity contribution is 7.19. The fourth-order valence-electron chi connectivity index (χ4n) is 2.38. The molecule has 1 atom stereocenters. The normalized spacial score (nSPS) is 14.3. The summed E-state index contributed by atoms with van der Waals surface area (Å²) in [5, 5.41) is 12.3. The zero-order chi connectivity index (χ0) is 15.0. The molecule has 1 unspecified atom stereocenters. The first-order chi connectivity index (χ1) is 9.95. The van der Waals surface area contributed by atoms with Crippen molar-refractivity contribution in [1.82, 2.24) is 0 Å². The highest BCUT2D eigenvalue weighted by Crippen LogP contribution is 2.35. The van der Waals surface area contributed by atoms with Crippen molar-refractivity contribution in [3.63, 3.8) is 0 Å². The van der Waals surface area contributed by atoms with Crippen LogP contribution in [0, 0.1) is 5.82 Å². The van der Waals surface area contributed by atoms with Gasteiger partial charge in [0.05, 0.1) is 0 Å². The Morgan fingerprint density at radius 1 is 1.19 bits per heavy atom. The van der Waals surface area contributed by atoms with E-state index >= 15 is 0 Å². The molecule has 1 N–H and O–H groups in total. The van der Waals surface area contributed by atoms with Crippen molar-refractivity contribution in [3.8, 4) is 0 Å². The zero-order valence-corrected chi connectivity index (χ0v) is 13.0.